The second kappa shape index (κ2) is 12.9. The van der Waals surface area contributed by atoms with Crippen molar-refractivity contribution in [1.82, 2.24) is 5.43 Å². The molecule has 0 radical (unpaired) electrons. The van der Waals surface area contributed by atoms with Gasteiger partial charge in [-0.15, -0.1) is 0 Å². The highest BCUT2D eigenvalue weighted by Crippen LogP contribution is 2.29. The number of carbonyl (C=O) groups excluding carboxylic acids is 1. The summed E-state index contributed by atoms with van der Waals surface area (Å²) in [5.74, 6) is 1.95. The normalized spacial score (nSPS) is 10.7. The van der Waals surface area contributed by atoms with Crippen LogP contribution in [0.25, 0.3) is 0 Å². The summed E-state index contributed by atoms with van der Waals surface area (Å²) in [5, 5.41) is 4.06. The highest BCUT2D eigenvalue weighted by atomic mass is 16.5. The average Bonchev–Trinajstić information content (AvgIpc) is 2.88. The number of nitrogens with zero attached hydrogens (tertiary/aromatic N) is 1. The molecule has 7 heteroatoms. The summed E-state index contributed by atoms with van der Waals surface area (Å²) in [7, 11) is 3.12. The molecule has 0 saturated heterocycles. The minimum Gasteiger partial charge on any atom is -0.493 e. The molecular formula is C27H30N2O5. The zero-order valence-corrected chi connectivity index (χ0v) is 19.7. The van der Waals surface area contributed by atoms with Gasteiger partial charge in [-0.05, 0) is 53.9 Å². The SMILES string of the molecule is CCCCOc1ccc(/C=N/NC(=O)c2ccc(OCc3ccccc3)c(OC)c2)cc1OC. The van der Waals surface area contributed by atoms with E-state index in [2.05, 4.69) is 17.5 Å². The Labute approximate surface area is 200 Å². The third-order valence-corrected chi connectivity index (χ3v) is 4.99. The lowest BCUT2D eigenvalue weighted by Crippen LogP contribution is -2.17. The fourth-order valence-electron chi connectivity index (χ4n) is 3.10. The van der Waals surface area contributed by atoms with E-state index in [0.29, 0.717) is 41.8 Å². The molecule has 3 rings (SSSR count). The van der Waals surface area contributed by atoms with E-state index < -0.39 is 0 Å². The van der Waals surface area contributed by atoms with E-state index in [9.17, 15) is 4.79 Å². The molecule has 0 bridgehead atoms. The van der Waals surface area contributed by atoms with Crippen molar-refractivity contribution in [3.8, 4) is 23.0 Å². The molecule has 0 aliphatic heterocycles. The van der Waals surface area contributed by atoms with E-state index in [1.54, 1.807) is 37.6 Å². The molecule has 7 nitrogen and oxygen atoms in total. The Bertz CT molecular complexity index is 1100. The van der Waals surface area contributed by atoms with Crippen LogP contribution in [0.5, 0.6) is 23.0 Å². The Morgan fingerprint density at radius 2 is 1.59 bits per heavy atom. The smallest absolute Gasteiger partial charge is 0.271 e. The topological polar surface area (TPSA) is 78.4 Å². The zero-order chi connectivity index (χ0) is 24.2. The first-order valence-electron chi connectivity index (χ1n) is 11.1. The van der Waals surface area contributed by atoms with E-state index in [0.717, 1.165) is 24.0 Å². The van der Waals surface area contributed by atoms with E-state index in [-0.39, 0.29) is 5.91 Å². The summed E-state index contributed by atoms with van der Waals surface area (Å²) >= 11 is 0. The predicted molar refractivity (Wildman–Crippen MR) is 132 cm³/mol. The minimum absolute atomic E-state index is 0.365. The van der Waals surface area contributed by atoms with E-state index in [1.165, 1.54) is 7.11 Å². The Morgan fingerprint density at radius 3 is 2.32 bits per heavy atom. The van der Waals surface area contributed by atoms with Gasteiger partial charge in [0, 0.05) is 5.56 Å². The first kappa shape index (κ1) is 24.6. The summed E-state index contributed by atoms with van der Waals surface area (Å²) < 4.78 is 22.4. The fraction of sp³-hybridized carbons (Fsp3) is 0.259. The van der Waals surface area contributed by atoms with Crippen molar-refractivity contribution < 1.29 is 23.7 Å². The Kier molecular flexibility index (Phi) is 9.34. The van der Waals surface area contributed by atoms with Crippen LogP contribution in [0.2, 0.25) is 0 Å². The number of hydrogen-bond donors (Lipinski definition) is 1. The molecule has 0 spiro atoms. The molecular weight excluding hydrogens is 432 g/mol. The van der Waals surface area contributed by atoms with Crippen molar-refractivity contribution in [2.45, 2.75) is 26.4 Å². The molecule has 1 N–H and O–H groups in total. The lowest BCUT2D eigenvalue weighted by molar-refractivity contribution is 0.0954. The van der Waals surface area contributed by atoms with Crippen molar-refractivity contribution in [3.63, 3.8) is 0 Å². The maximum absolute atomic E-state index is 12.6. The quantitative estimate of drug-likeness (QED) is 0.227. The molecule has 0 saturated carbocycles. The third kappa shape index (κ3) is 7.00. The number of ether oxygens (including phenoxy) is 4. The van der Waals surface area contributed by atoms with E-state index in [1.807, 2.05) is 42.5 Å². The van der Waals surface area contributed by atoms with Gasteiger partial charge < -0.3 is 18.9 Å². The van der Waals surface area contributed by atoms with Crippen LogP contribution >= 0.6 is 0 Å². The fourth-order valence-corrected chi connectivity index (χ4v) is 3.10. The molecule has 3 aromatic carbocycles. The van der Waals surface area contributed by atoms with Crippen LogP contribution in [0.1, 0.15) is 41.3 Å². The van der Waals surface area contributed by atoms with Crippen molar-refractivity contribution in [2.75, 3.05) is 20.8 Å². The van der Waals surface area contributed by atoms with Gasteiger partial charge in [-0.2, -0.15) is 5.10 Å². The molecule has 0 heterocycles. The van der Waals surface area contributed by atoms with Gasteiger partial charge in [0.15, 0.2) is 23.0 Å². The summed E-state index contributed by atoms with van der Waals surface area (Å²) in [6.07, 6.45) is 3.58. The molecule has 0 fully saturated rings. The average molecular weight is 463 g/mol. The highest BCUT2D eigenvalue weighted by Gasteiger charge is 2.11. The molecule has 3 aromatic rings. The first-order chi connectivity index (χ1) is 16.6. The number of nitrogens with one attached hydrogen (secondary N) is 1. The van der Waals surface area contributed by atoms with Gasteiger partial charge in [0.2, 0.25) is 0 Å². The molecule has 0 aromatic heterocycles. The van der Waals surface area contributed by atoms with Crippen molar-refractivity contribution in [3.05, 3.63) is 83.4 Å². The largest absolute Gasteiger partial charge is 0.493 e. The summed E-state index contributed by atoms with van der Waals surface area (Å²) in [5.41, 5.74) is 4.74. The standard InChI is InChI=1S/C27H30N2O5/c1-4-5-15-33-23-13-11-21(16-25(23)31-2)18-28-29-27(30)22-12-14-24(26(17-22)32-3)34-19-20-9-7-6-8-10-20/h6-14,16-18H,4-5,15,19H2,1-3H3,(H,29,30)/b28-18+. The lowest BCUT2D eigenvalue weighted by Gasteiger charge is -2.12. The van der Waals surface area contributed by atoms with Crippen LogP contribution < -0.4 is 24.4 Å². The Morgan fingerprint density at radius 1 is 0.882 bits per heavy atom. The monoisotopic (exact) mass is 462 g/mol. The Hall–Kier alpha value is -4.00. The zero-order valence-electron chi connectivity index (χ0n) is 19.7. The number of unbranched alkanes of at least 4 members (excludes halogenated alkanes) is 1. The minimum atomic E-state index is -0.365. The van der Waals surface area contributed by atoms with Gasteiger partial charge in [0.1, 0.15) is 6.61 Å². The molecule has 34 heavy (non-hydrogen) atoms. The maximum Gasteiger partial charge on any atom is 0.271 e. The van der Waals surface area contributed by atoms with Gasteiger partial charge in [0.25, 0.3) is 5.91 Å². The second-order valence-electron chi connectivity index (χ2n) is 7.45. The third-order valence-electron chi connectivity index (χ3n) is 4.99. The van der Waals surface area contributed by atoms with Crippen molar-refractivity contribution in [1.29, 1.82) is 0 Å². The number of carbonyl (C=O) groups is 1. The molecule has 0 aliphatic carbocycles. The summed E-state index contributed by atoms with van der Waals surface area (Å²) in [6, 6.07) is 20.3. The number of amides is 1. The number of benzene rings is 3. The molecule has 0 unspecified atom stereocenters. The van der Waals surface area contributed by atoms with Crippen LogP contribution in [0.4, 0.5) is 0 Å². The lowest BCUT2D eigenvalue weighted by atomic mass is 10.2. The van der Waals surface area contributed by atoms with E-state index in [4.69, 9.17) is 18.9 Å². The molecule has 1 amide bonds. The molecule has 0 aliphatic rings. The molecule has 0 atom stereocenters. The number of rotatable bonds is 12. The number of hydrogen-bond acceptors (Lipinski definition) is 6. The second-order valence-corrected chi connectivity index (χ2v) is 7.45. The van der Waals surface area contributed by atoms with Crippen molar-refractivity contribution >= 4 is 12.1 Å². The van der Waals surface area contributed by atoms with Gasteiger partial charge in [0.05, 0.1) is 27.0 Å². The summed E-state index contributed by atoms with van der Waals surface area (Å²) in [4.78, 5) is 12.6. The van der Waals surface area contributed by atoms with Gasteiger partial charge in [-0.1, -0.05) is 43.7 Å². The van der Waals surface area contributed by atoms with Crippen LogP contribution in [-0.2, 0) is 6.61 Å². The van der Waals surface area contributed by atoms with Crippen molar-refractivity contribution in [2.24, 2.45) is 5.10 Å². The number of methoxy groups -OCH3 is 2. The number of hydrazone groups is 1. The van der Waals surface area contributed by atoms with Crippen LogP contribution in [0, 0.1) is 0 Å². The van der Waals surface area contributed by atoms with Gasteiger partial charge >= 0.3 is 0 Å². The van der Waals surface area contributed by atoms with Gasteiger partial charge in [-0.3, -0.25) is 4.79 Å². The summed E-state index contributed by atoms with van der Waals surface area (Å²) in [6.45, 7) is 3.15. The predicted octanol–water partition coefficient (Wildman–Crippen LogP) is 5.23. The van der Waals surface area contributed by atoms with Crippen LogP contribution in [0.15, 0.2) is 71.8 Å². The molecule has 178 valence electrons. The van der Waals surface area contributed by atoms with E-state index >= 15 is 0 Å². The Balaban J connectivity index is 1.60. The first-order valence-corrected chi connectivity index (χ1v) is 11.1. The maximum atomic E-state index is 12.6. The highest BCUT2D eigenvalue weighted by molar-refractivity contribution is 5.95. The van der Waals surface area contributed by atoms with Crippen LogP contribution in [0.3, 0.4) is 0 Å². The van der Waals surface area contributed by atoms with Crippen LogP contribution in [-0.4, -0.2) is 32.9 Å². The van der Waals surface area contributed by atoms with Gasteiger partial charge in [-0.25, -0.2) is 5.43 Å².